The molecule has 43 heavy (non-hydrogen) atoms. The van der Waals surface area contributed by atoms with Crippen LogP contribution in [0.5, 0.6) is 11.5 Å². The number of aliphatic carboxylic acids is 2. The number of carboxylic acids is 2. The first-order chi connectivity index (χ1) is 20.2. The number of phenolic OH excluding ortho intramolecular Hbond substituents is 2. The lowest BCUT2D eigenvalue weighted by molar-refractivity contribution is -0.645. The van der Waals surface area contributed by atoms with Crippen LogP contribution in [0.15, 0.2) is 40.3 Å². The van der Waals surface area contributed by atoms with E-state index in [0.29, 0.717) is 16.6 Å². The number of carbonyl (C=O) groups is 4. The Morgan fingerprint density at radius 2 is 2.00 bits per heavy atom. The molecule has 0 radical (unpaired) electrons. The fourth-order valence-electron chi connectivity index (χ4n) is 4.53. The molecule has 0 unspecified atom stereocenters. The number of thiazole rings is 1. The molecular formula is C25H25N7O9S2. The second-order valence-electron chi connectivity index (χ2n) is 10.2. The Hall–Kier alpha value is -4.84. The van der Waals surface area contributed by atoms with E-state index in [4.69, 9.17) is 10.6 Å². The van der Waals surface area contributed by atoms with Crippen LogP contribution in [0.3, 0.4) is 0 Å². The molecule has 4 heterocycles. The number of nitrogen functional groups attached to an aromatic ring is 1. The fourth-order valence-corrected chi connectivity index (χ4v) is 6.42. The Kier molecular flexibility index (Phi) is 7.43. The van der Waals surface area contributed by atoms with Crippen LogP contribution in [0.4, 0.5) is 5.13 Å². The number of carbonyl (C=O) groups excluding carboxylic acids is 3. The number of nitrogens with one attached hydrogen (secondary N) is 1. The van der Waals surface area contributed by atoms with E-state index >= 15 is 0 Å². The van der Waals surface area contributed by atoms with Gasteiger partial charge in [0.2, 0.25) is 11.9 Å². The quantitative estimate of drug-likeness (QED) is 0.0603. The summed E-state index contributed by atoms with van der Waals surface area (Å²) in [5.74, 6) is -5.04. The van der Waals surface area contributed by atoms with Gasteiger partial charge in [0.05, 0.1) is 18.7 Å². The topological polar surface area (TPSA) is 237 Å². The third kappa shape index (κ3) is 5.29. The zero-order valence-corrected chi connectivity index (χ0v) is 24.4. The monoisotopic (exact) mass is 631 g/mol. The lowest BCUT2D eigenvalue weighted by Gasteiger charge is -2.50. The van der Waals surface area contributed by atoms with Gasteiger partial charge in [-0.05, 0) is 13.8 Å². The average molecular weight is 632 g/mol. The molecule has 2 amide bonds. The third-order valence-corrected chi connectivity index (χ3v) is 8.84. The van der Waals surface area contributed by atoms with Crippen molar-refractivity contribution < 1.29 is 49.0 Å². The van der Waals surface area contributed by atoms with Crippen molar-refractivity contribution in [2.45, 2.75) is 37.4 Å². The van der Waals surface area contributed by atoms with E-state index in [1.165, 1.54) is 43.1 Å². The van der Waals surface area contributed by atoms with Crippen molar-refractivity contribution in [2.75, 3.05) is 11.5 Å². The zero-order valence-electron chi connectivity index (χ0n) is 22.8. The first-order valence-corrected chi connectivity index (χ1v) is 14.4. The molecule has 2 aromatic heterocycles. The zero-order chi connectivity index (χ0) is 31.4. The molecule has 5 rings (SSSR count). The minimum atomic E-state index is -1.79. The van der Waals surface area contributed by atoms with E-state index in [2.05, 4.69) is 15.5 Å². The molecule has 1 aromatic carbocycles. The molecule has 1 fully saturated rings. The van der Waals surface area contributed by atoms with Crippen molar-refractivity contribution in [2.24, 2.45) is 12.2 Å². The summed E-state index contributed by atoms with van der Waals surface area (Å²) in [6.45, 7) is 2.48. The van der Waals surface area contributed by atoms with Crippen molar-refractivity contribution in [3.8, 4) is 11.5 Å². The molecule has 2 aliphatic rings. The molecule has 226 valence electrons. The predicted molar refractivity (Wildman–Crippen MR) is 149 cm³/mol. The number of oxime groups is 1. The Morgan fingerprint density at radius 3 is 2.63 bits per heavy atom. The molecule has 2 atom stereocenters. The Bertz CT molecular complexity index is 1760. The molecule has 18 heteroatoms. The molecular weight excluding hydrogens is 606 g/mol. The average Bonchev–Trinajstić information content (AvgIpc) is 3.49. The molecule has 0 saturated carbocycles. The van der Waals surface area contributed by atoms with Crippen LogP contribution < -0.4 is 20.7 Å². The number of aromatic hydroxyl groups is 2. The number of amides is 2. The summed E-state index contributed by atoms with van der Waals surface area (Å²) in [5.41, 5.74) is 4.57. The normalized spacial score (nSPS) is 18.8. The van der Waals surface area contributed by atoms with Gasteiger partial charge in [-0.2, -0.15) is 0 Å². The number of β-lactam (4-membered cyclic amide) rings is 1. The first kappa shape index (κ1) is 29.6. The summed E-state index contributed by atoms with van der Waals surface area (Å²) in [5, 5.41) is 48.4. The van der Waals surface area contributed by atoms with Gasteiger partial charge in [-0.1, -0.05) is 5.16 Å². The van der Waals surface area contributed by atoms with Gasteiger partial charge in [0.1, 0.15) is 23.7 Å². The number of rotatable bonds is 9. The molecule has 0 bridgehead atoms. The number of fused-ring (bicyclic) bond motifs is 2. The van der Waals surface area contributed by atoms with Crippen molar-refractivity contribution in [1.29, 1.82) is 0 Å². The minimum Gasteiger partial charge on any atom is -0.543 e. The van der Waals surface area contributed by atoms with Crippen molar-refractivity contribution in [1.82, 2.24) is 19.8 Å². The maximum Gasteiger partial charge on any atom is 0.350 e. The van der Waals surface area contributed by atoms with Crippen LogP contribution in [0, 0.1) is 0 Å². The van der Waals surface area contributed by atoms with E-state index in [1.807, 2.05) is 0 Å². The number of hydrogen-bond donors (Lipinski definition) is 5. The van der Waals surface area contributed by atoms with Crippen LogP contribution in [0.25, 0.3) is 11.0 Å². The second-order valence-corrected chi connectivity index (χ2v) is 12.2. The molecule has 0 aliphatic carbocycles. The number of anilines is 1. The Balaban J connectivity index is 1.40. The van der Waals surface area contributed by atoms with Gasteiger partial charge < -0.3 is 41.1 Å². The Labute approximate surface area is 250 Å². The summed E-state index contributed by atoms with van der Waals surface area (Å²) in [7, 11) is 1.71. The van der Waals surface area contributed by atoms with Crippen LogP contribution >= 0.6 is 23.1 Å². The van der Waals surface area contributed by atoms with Crippen molar-refractivity contribution >= 4 is 68.7 Å². The largest absolute Gasteiger partial charge is 0.543 e. The molecule has 6 N–H and O–H groups in total. The molecule has 0 spiro atoms. The van der Waals surface area contributed by atoms with E-state index < -0.39 is 46.5 Å². The number of nitrogens with two attached hydrogens (primary N) is 1. The lowest BCUT2D eigenvalue weighted by Crippen LogP contribution is -2.71. The van der Waals surface area contributed by atoms with Gasteiger partial charge in [-0.3, -0.25) is 14.5 Å². The SMILES string of the molecule is C[n+]1cn(CC2=C(C(=O)[O-])N3C(=O)[C@@H](NC(=O)/C(=N\OC(C)(C)C(=O)O)c4csc(N)n4)[C@H]3SC2)c2cc(O)c(O)cc21. The molecule has 3 aromatic rings. The maximum atomic E-state index is 13.3. The summed E-state index contributed by atoms with van der Waals surface area (Å²) in [6.07, 6.45) is 1.65. The van der Waals surface area contributed by atoms with Crippen LogP contribution in [0.2, 0.25) is 0 Å². The highest BCUT2D eigenvalue weighted by molar-refractivity contribution is 8.00. The van der Waals surface area contributed by atoms with E-state index in [-0.39, 0.29) is 40.3 Å². The molecule has 16 nitrogen and oxygen atoms in total. The van der Waals surface area contributed by atoms with E-state index in [0.717, 1.165) is 16.2 Å². The van der Waals surface area contributed by atoms with Gasteiger partial charge in [-0.15, -0.1) is 23.1 Å². The number of carboxylic acid groups (broad SMARTS) is 2. The Morgan fingerprint density at radius 1 is 1.30 bits per heavy atom. The predicted octanol–water partition coefficient (Wildman–Crippen LogP) is -1.40. The minimum absolute atomic E-state index is 0.00908. The number of aryl methyl sites for hydroxylation is 1. The number of phenols is 2. The summed E-state index contributed by atoms with van der Waals surface area (Å²) < 4.78 is 3.35. The maximum absolute atomic E-state index is 13.3. The van der Waals surface area contributed by atoms with Crippen LogP contribution in [0.1, 0.15) is 19.5 Å². The van der Waals surface area contributed by atoms with E-state index in [9.17, 15) is 39.6 Å². The second kappa shape index (κ2) is 10.8. The van der Waals surface area contributed by atoms with Gasteiger partial charge in [-0.25, -0.2) is 18.9 Å². The van der Waals surface area contributed by atoms with Crippen molar-refractivity contribution in [3.05, 3.63) is 40.8 Å². The number of benzene rings is 1. The fraction of sp³-hybridized carbons (Fsp3) is 0.320. The van der Waals surface area contributed by atoms with E-state index in [1.54, 1.807) is 22.5 Å². The molecule has 2 aliphatic heterocycles. The number of nitrogens with zero attached hydrogens (tertiary/aromatic N) is 5. The van der Waals surface area contributed by atoms with Gasteiger partial charge in [0.25, 0.3) is 11.8 Å². The highest BCUT2D eigenvalue weighted by atomic mass is 32.2. The molecule has 1 saturated heterocycles. The highest BCUT2D eigenvalue weighted by Gasteiger charge is 2.53. The number of aromatic nitrogens is 3. The third-order valence-electron chi connectivity index (χ3n) is 6.82. The van der Waals surface area contributed by atoms with Crippen molar-refractivity contribution in [3.63, 3.8) is 0 Å². The van der Waals surface area contributed by atoms with Crippen LogP contribution in [-0.2, 0) is 37.6 Å². The number of thioether (sulfide) groups is 1. The lowest BCUT2D eigenvalue weighted by atomic mass is 10.0. The summed E-state index contributed by atoms with van der Waals surface area (Å²) >= 11 is 2.22. The standard InChI is InChI=1S/C25H25N7O9S2/c1-25(2,23(39)40)41-29-16(11-8-43-24(26)27-11)19(35)28-17-20(36)32-18(22(37)38)10(7-42-21(17)32)6-31-9-30(3)12-4-14(33)15(34)5-13(12)31/h4-5,8-9,17,21H,6-7H2,1-3H3,(H6-,26,27,28,29,33,34,35,37,38,39,40)/t17-,21-/m1/s1. The number of hydrogen-bond acceptors (Lipinski definition) is 13. The number of imidazole rings is 1. The van der Waals surface area contributed by atoms with Gasteiger partial charge in [0, 0.05) is 28.8 Å². The van der Waals surface area contributed by atoms with Gasteiger partial charge >= 0.3 is 5.97 Å². The van der Waals surface area contributed by atoms with Gasteiger partial charge in [0.15, 0.2) is 33.4 Å². The van der Waals surface area contributed by atoms with Crippen LogP contribution in [-0.4, -0.2) is 82.0 Å². The summed E-state index contributed by atoms with van der Waals surface area (Å²) in [4.78, 5) is 60.3. The summed E-state index contributed by atoms with van der Waals surface area (Å²) in [6, 6.07) is 1.57. The smallest absolute Gasteiger partial charge is 0.350 e. The first-order valence-electron chi connectivity index (χ1n) is 12.5. The highest BCUT2D eigenvalue weighted by Crippen LogP contribution is 2.41.